The van der Waals surface area contributed by atoms with Crippen LogP contribution in [-0.4, -0.2) is 60.8 Å². The Bertz CT molecular complexity index is 1090. The smallest absolute Gasteiger partial charge is 0.251 e. The summed E-state index contributed by atoms with van der Waals surface area (Å²) in [5.74, 6) is -2.14. The highest BCUT2D eigenvalue weighted by atomic mass is 79.9. The maximum atomic E-state index is 13.0. The molecule has 3 heterocycles. The van der Waals surface area contributed by atoms with E-state index in [1.54, 1.807) is 35.7 Å². The van der Waals surface area contributed by atoms with Crippen LogP contribution in [0.4, 0.5) is 0 Å². The second-order valence-electron chi connectivity index (χ2n) is 7.67. The molecular formula is C22H21BrN4O5S. The Balaban J connectivity index is 1.40. The first kappa shape index (κ1) is 23.4. The molecule has 33 heavy (non-hydrogen) atoms. The first-order valence-corrected chi connectivity index (χ1v) is 11.9. The van der Waals surface area contributed by atoms with Crippen LogP contribution in [0.2, 0.25) is 0 Å². The normalized spacial score (nSPS) is 18.8. The number of nitrogens with zero attached hydrogens (tertiary/aromatic N) is 2. The molecule has 0 radical (unpaired) electrons. The van der Waals surface area contributed by atoms with Gasteiger partial charge < -0.3 is 25.0 Å². The summed E-state index contributed by atoms with van der Waals surface area (Å²) >= 11 is 4.69. The summed E-state index contributed by atoms with van der Waals surface area (Å²) in [4.78, 5) is 40.6. The Morgan fingerprint density at radius 3 is 2.61 bits per heavy atom. The number of hydrogen-bond acceptors (Lipinski definition) is 7. The summed E-state index contributed by atoms with van der Waals surface area (Å²) in [5.41, 5.74) is 0.962. The number of likely N-dealkylation sites (tertiary alicyclic amines) is 1. The van der Waals surface area contributed by atoms with Gasteiger partial charge >= 0.3 is 0 Å². The van der Waals surface area contributed by atoms with Gasteiger partial charge in [-0.3, -0.25) is 14.4 Å². The molecule has 0 bridgehead atoms. The van der Waals surface area contributed by atoms with Crippen LogP contribution in [-0.2, 0) is 25.6 Å². The molecule has 0 saturated carbocycles. The summed E-state index contributed by atoms with van der Waals surface area (Å²) in [5, 5.41) is 16.1. The molecule has 172 valence electrons. The predicted octanol–water partition coefficient (Wildman–Crippen LogP) is 1.77. The molecule has 2 aliphatic rings. The number of thiophene rings is 1. The summed E-state index contributed by atoms with van der Waals surface area (Å²) in [7, 11) is 0. The van der Waals surface area contributed by atoms with Gasteiger partial charge in [-0.25, -0.2) is 0 Å². The molecule has 1 spiro atoms. The van der Waals surface area contributed by atoms with E-state index in [4.69, 9.17) is 14.7 Å². The minimum atomic E-state index is -1.01. The summed E-state index contributed by atoms with van der Waals surface area (Å²) in [6, 6.07) is 9.75. The maximum Gasteiger partial charge on any atom is 0.251 e. The highest BCUT2D eigenvalue weighted by molar-refractivity contribution is 9.10. The van der Waals surface area contributed by atoms with Gasteiger partial charge in [0.2, 0.25) is 11.8 Å². The van der Waals surface area contributed by atoms with E-state index in [9.17, 15) is 14.4 Å². The van der Waals surface area contributed by atoms with Crippen molar-refractivity contribution in [1.82, 2.24) is 15.5 Å². The Morgan fingerprint density at radius 1 is 1.21 bits per heavy atom. The first-order chi connectivity index (χ1) is 15.9. The molecule has 9 nitrogen and oxygen atoms in total. The van der Waals surface area contributed by atoms with Crippen molar-refractivity contribution in [3.05, 3.63) is 56.2 Å². The fraction of sp³-hybridized carbons (Fsp3) is 0.364. The van der Waals surface area contributed by atoms with Crippen molar-refractivity contribution in [3.63, 3.8) is 0 Å². The van der Waals surface area contributed by atoms with Crippen LogP contribution in [0.3, 0.4) is 0 Å². The van der Waals surface area contributed by atoms with E-state index in [1.165, 1.54) is 16.2 Å². The van der Waals surface area contributed by atoms with Crippen LogP contribution >= 0.6 is 27.3 Å². The van der Waals surface area contributed by atoms with Gasteiger partial charge in [0.25, 0.3) is 5.91 Å². The second kappa shape index (κ2) is 10.0. The number of amides is 3. The highest BCUT2D eigenvalue weighted by Crippen LogP contribution is 2.35. The fourth-order valence-corrected chi connectivity index (χ4v) is 4.84. The molecular weight excluding hydrogens is 512 g/mol. The minimum Gasteiger partial charge on any atom is -0.349 e. The number of carbonyl (C=O) groups excluding carboxylic acids is 3. The number of benzene rings is 1. The van der Waals surface area contributed by atoms with Gasteiger partial charge in [0.1, 0.15) is 12.1 Å². The van der Waals surface area contributed by atoms with E-state index in [0.717, 1.165) is 9.35 Å². The first-order valence-electron chi connectivity index (χ1n) is 10.3. The lowest BCUT2D eigenvalue weighted by atomic mass is 10.1. The molecule has 2 fully saturated rings. The third kappa shape index (κ3) is 5.42. The predicted molar refractivity (Wildman–Crippen MR) is 122 cm³/mol. The zero-order valence-corrected chi connectivity index (χ0v) is 19.9. The summed E-state index contributed by atoms with van der Waals surface area (Å²) in [6.45, 7) is 0.880. The molecule has 3 amide bonds. The molecule has 0 aliphatic carbocycles. The molecule has 1 unspecified atom stereocenters. The van der Waals surface area contributed by atoms with E-state index in [0.29, 0.717) is 24.3 Å². The number of hydrogen-bond donors (Lipinski definition) is 2. The van der Waals surface area contributed by atoms with Gasteiger partial charge in [0.15, 0.2) is 5.79 Å². The third-order valence-corrected chi connectivity index (χ3v) is 6.92. The molecule has 4 rings (SSSR count). The quantitative estimate of drug-likeness (QED) is 0.584. The van der Waals surface area contributed by atoms with E-state index in [1.807, 2.05) is 0 Å². The van der Waals surface area contributed by atoms with Gasteiger partial charge in [-0.1, -0.05) is 15.9 Å². The van der Waals surface area contributed by atoms with Crippen molar-refractivity contribution in [2.24, 2.45) is 0 Å². The van der Waals surface area contributed by atoms with Crippen molar-refractivity contribution in [2.45, 2.75) is 24.8 Å². The van der Waals surface area contributed by atoms with Crippen molar-refractivity contribution in [1.29, 1.82) is 5.26 Å². The lowest BCUT2D eigenvalue weighted by Crippen LogP contribution is -2.49. The number of nitriles is 1. The van der Waals surface area contributed by atoms with E-state index < -0.39 is 17.7 Å². The van der Waals surface area contributed by atoms with E-state index in [-0.39, 0.29) is 37.9 Å². The number of nitrogens with one attached hydrogen (secondary N) is 2. The second-order valence-corrected chi connectivity index (χ2v) is 9.58. The zero-order valence-electron chi connectivity index (χ0n) is 17.5. The maximum absolute atomic E-state index is 13.0. The number of rotatable bonds is 6. The van der Waals surface area contributed by atoms with Crippen molar-refractivity contribution in [2.75, 3.05) is 26.3 Å². The molecule has 1 aromatic heterocycles. The van der Waals surface area contributed by atoms with Crippen molar-refractivity contribution >= 4 is 45.0 Å². The molecule has 2 aliphatic heterocycles. The minimum absolute atomic E-state index is 0.107. The van der Waals surface area contributed by atoms with Gasteiger partial charge in [0, 0.05) is 26.7 Å². The average Bonchev–Trinajstić information content (AvgIpc) is 3.56. The highest BCUT2D eigenvalue weighted by Gasteiger charge is 2.52. The average molecular weight is 533 g/mol. The molecule has 2 N–H and O–H groups in total. The van der Waals surface area contributed by atoms with Gasteiger partial charge in [0.05, 0.1) is 38.4 Å². The summed E-state index contributed by atoms with van der Waals surface area (Å²) < 4.78 is 12.3. The number of halogens is 1. The Kier molecular flexibility index (Phi) is 7.09. The van der Waals surface area contributed by atoms with E-state index >= 15 is 0 Å². The Hall–Kier alpha value is -2.78. The van der Waals surface area contributed by atoms with Crippen molar-refractivity contribution < 1.29 is 23.9 Å². The largest absolute Gasteiger partial charge is 0.349 e. The van der Waals surface area contributed by atoms with Gasteiger partial charge in [-0.15, -0.1) is 11.3 Å². The lowest BCUT2D eigenvalue weighted by Gasteiger charge is -2.24. The lowest BCUT2D eigenvalue weighted by molar-refractivity contribution is -0.152. The molecule has 2 aromatic rings. The molecule has 1 aromatic carbocycles. The molecule has 2 saturated heterocycles. The Labute approximate surface area is 202 Å². The fourth-order valence-electron chi connectivity index (χ4n) is 3.83. The van der Waals surface area contributed by atoms with Crippen LogP contribution in [0.15, 0.2) is 40.2 Å². The Morgan fingerprint density at radius 2 is 1.94 bits per heavy atom. The number of ether oxygens (including phenoxy) is 2. The number of carbonyl (C=O) groups is 3. The van der Waals surface area contributed by atoms with Crippen LogP contribution in [0.5, 0.6) is 0 Å². The van der Waals surface area contributed by atoms with Crippen LogP contribution in [0.25, 0.3) is 0 Å². The van der Waals surface area contributed by atoms with Crippen molar-refractivity contribution in [3.8, 4) is 6.07 Å². The molecule has 1 atom stereocenters. The van der Waals surface area contributed by atoms with Gasteiger partial charge in [-0.05, 0) is 30.3 Å². The molecule has 11 heteroatoms. The third-order valence-electron chi connectivity index (χ3n) is 5.45. The van der Waals surface area contributed by atoms with E-state index in [2.05, 4.69) is 32.6 Å². The SMILES string of the molecule is N#Cc1csc(CNC(=O)C2CC3(CN2C(=O)CNC(=O)c2ccc(Br)cc2)OCCO3)c1. The zero-order chi connectivity index (χ0) is 23.4. The van der Waals surface area contributed by atoms with Crippen LogP contribution in [0.1, 0.15) is 27.2 Å². The van der Waals surface area contributed by atoms with Gasteiger partial charge in [-0.2, -0.15) is 5.26 Å². The summed E-state index contributed by atoms with van der Waals surface area (Å²) in [6.07, 6.45) is 0.207. The monoisotopic (exact) mass is 532 g/mol. The van der Waals surface area contributed by atoms with Crippen LogP contribution < -0.4 is 10.6 Å². The topological polar surface area (TPSA) is 121 Å². The standard InChI is InChI=1S/C22H21BrN4O5S/c23-16-3-1-15(2-4-16)20(29)26-11-19(28)27-13-22(31-5-6-32-22)8-18(27)21(30)25-10-17-7-14(9-24)12-33-17/h1-4,7,12,18H,5-6,8,10-11,13H2,(H,25,30)(H,26,29). The van der Waals surface area contributed by atoms with Crippen LogP contribution in [0, 0.1) is 11.3 Å².